The summed E-state index contributed by atoms with van der Waals surface area (Å²) < 4.78 is 10.4. The Kier molecular flexibility index (Phi) is 3.86. The van der Waals surface area contributed by atoms with Crippen molar-refractivity contribution in [1.82, 2.24) is 0 Å². The average Bonchev–Trinajstić information content (AvgIpc) is 2.47. The molecule has 0 bridgehead atoms. The van der Waals surface area contributed by atoms with Crippen LogP contribution in [0.1, 0.15) is 18.1 Å². The Morgan fingerprint density at radius 3 is 1.80 bits per heavy atom. The molecule has 0 aliphatic heterocycles. The van der Waals surface area contributed by atoms with Crippen LogP contribution in [-0.4, -0.2) is 24.4 Å². The van der Waals surface area contributed by atoms with Crippen molar-refractivity contribution in [3.05, 3.63) is 53.6 Å². The van der Waals surface area contributed by atoms with E-state index in [0.717, 1.165) is 0 Å². The molecular weight excluding hydrogens is 256 g/mol. The summed E-state index contributed by atoms with van der Waals surface area (Å²) in [7, 11) is 3.13. The Morgan fingerprint density at radius 1 is 0.850 bits per heavy atom. The van der Waals surface area contributed by atoms with Gasteiger partial charge in [-0.05, 0) is 42.3 Å². The number of aliphatic hydroxyl groups is 1. The van der Waals surface area contributed by atoms with Crippen LogP contribution in [0.3, 0.4) is 0 Å². The van der Waals surface area contributed by atoms with Crippen molar-refractivity contribution >= 4 is 0 Å². The third-order valence-corrected chi connectivity index (χ3v) is 3.34. The first-order valence-electron chi connectivity index (χ1n) is 6.23. The fourth-order valence-corrected chi connectivity index (χ4v) is 2.04. The molecule has 0 fully saturated rings. The molecule has 0 radical (unpaired) electrons. The molecule has 0 saturated heterocycles. The minimum absolute atomic E-state index is 0.160. The summed E-state index contributed by atoms with van der Waals surface area (Å²) >= 11 is 0. The zero-order chi connectivity index (χ0) is 14.8. The summed E-state index contributed by atoms with van der Waals surface area (Å²) in [6.07, 6.45) is 0. The molecule has 2 aromatic rings. The number of phenols is 1. The van der Waals surface area contributed by atoms with Gasteiger partial charge in [-0.25, -0.2) is 0 Å². The summed E-state index contributed by atoms with van der Waals surface area (Å²) in [6.45, 7) is 1.69. The zero-order valence-electron chi connectivity index (χ0n) is 11.8. The van der Waals surface area contributed by atoms with Crippen LogP contribution in [0, 0.1) is 0 Å². The summed E-state index contributed by atoms with van der Waals surface area (Å²) in [5.74, 6) is 1.38. The Balaban J connectivity index is 2.49. The maximum Gasteiger partial charge on any atom is 0.122 e. The van der Waals surface area contributed by atoms with Gasteiger partial charge in [-0.2, -0.15) is 0 Å². The fourth-order valence-electron chi connectivity index (χ4n) is 2.04. The van der Waals surface area contributed by atoms with Gasteiger partial charge < -0.3 is 19.7 Å². The number of ether oxygens (including phenoxy) is 2. The Labute approximate surface area is 118 Å². The number of hydrogen-bond acceptors (Lipinski definition) is 4. The lowest BCUT2D eigenvalue weighted by Crippen LogP contribution is -2.22. The van der Waals surface area contributed by atoms with Crippen LogP contribution in [0.2, 0.25) is 0 Å². The third kappa shape index (κ3) is 2.70. The third-order valence-electron chi connectivity index (χ3n) is 3.34. The second-order valence-corrected chi connectivity index (χ2v) is 4.72. The van der Waals surface area contributed by atoms with E-state index in [9.17, 15) is 10.2 Å². The lowest BCUT2D eigenvalue weighted by molar-refractivity contribution is 0.102. The molecule has 2 rings (SSSR count). The molecule has 4 nitrogen and oxygen atoms in total. The standard InChI is InChI=1S/C16H18O4/c1-16(18,11-4-6-13(17)7-5-11)12-8-14(19-2)10-15(9-12)20-3/h4-10,17-18H,1-3H3. The maximum absolute atomic E-state index is 10.8. The second-order valence-electron chi connectivity index (χ2n) is 4.72. The van der Waals surface area contributed by atoms with Gasteiger partial charge in [0, 0.05) is 6.07 Å². The van der Waals surface area contributed by atoms with Crippen LogP contribution >= 0.6 is 0 Å². The van der Waals surface area contributed by atoms with E-state index >= 15 is 0 Å². The molecule has 20 heavy (non-hydrogen) atoms. The lowest BCUT2D eigenvalue weighted by Gasteiger charge is -2.25. The molecule has 0 aromatic heterocycles. The number of phenolic OH excluding ortho intramolecular Hbond substituents is 1. The van der Waals surface area contributed by atoms with Crippen molar-refractivity contribution in [3.8, 4) is 17.2 Å². The van der Waals surface area contributed by atoms with Crippen LogP contribution in [0.25, 0.3) is 0 Å². The molecular formula is C16H18O4. The average molecular weight is 274 g/mol. The Bertz CT molecular complexity index is 566. The van der Waals surface area contributed by atoms with E-state index in [4.69, 9.17) is 9.47 Å². The van der Waals surface area contributed by atoms with E-state index in [1.54, 1.807) is 63.6 Å². The smallest absolute Gasteiger partial charge is 0.122 e. The van der Waals surface area contributed by atoms with E-state index in [1.165, 1.54) is 0 Å². The molecule has 0 heterocycles. The van der Waals surface area contributed by atoms with Gasteiger partial charge in [0.2, 0.25) is 0 Å². The monoisotopic (exact) mass is 274 g/mol. The van der Waals surface area contributed by atoms with Gasteiger partial charge in [0.05, 0.1) is 14.2 Å². The van der Waals surface area contributed by atoms with Gasteiger partial charge in [0.25, 0.3) is 0 Å². The highest BCUT2D eigenvalue weighted by Gasteiger charge is 2.27. The number of rotatable bonds is 4. The molecule has 0 spiro atoms. The number of methoxy groups -OCH3 is 2. The highest BCUT2D eigenvalue weighted by molar-refractivity contribution is 5.45. The van der Waals surface area contributed by atoms with E-state index < -0.39 is 5.60 Å². The van der Waals surface area contributed by atoms with Gasteiger partial charge in [0.1, 0.15) is 22.8 Å². The van der Waals surface area contributed by atoms with Crippen LogP contribution in [-0.2, 0) is 5.60 Å². The van der Waals surface area contributed by atoms with Gasteiger partial charge in [-0.15, -0.1) is 0 Å². The summed E-state index contributed by atoms with van der Waals surface area (Å²) in [6, 6.07) is 11.7. The molecule has 1 unspecified atom stereocenters. The molecule has 1 atom stereocenters. The van der Waals surface area contributed by atoms with Crippen molar-refractivity contribution in [3.63, 3.8) is 0 Å². The number of aromatic hydroxyl groups is 1. The second kappa shape index (κ2) is 5.43. The number of benzene rings is 2. The molecule has 0 amide bonds. The zero-order valence-corrected chi connectivity index (χ0v) is 11.8. The molecule has 2 aromatic carbocycles. The summed E-state index contributed by atoms with van der Waals surface area (Å²) in [5.41, 5.74) is 0.111. The quantitative estimate of drug-likeness (QED) is 0.900. The van der Waals surface area contributed by atoms with E-state index in [2.05, 4.69) is 0 Å². The molecule has 4 heteroatoms. The van der Waals surface area contributed by atoms with Crippen LogP contribution in [0.15, 0.2) is 42.5 Å². The normalized spacial score (nSPS) is 13.6. The summed E-state index contributed by atoms with van der Waals surface area (Å²) in [5, 5.41) is 20.1. The van der Waals surface area contributed by atoms with Crippen molar-refractivity contribution in [2.75, 3.05) is 14.2 Å². The number of hydrogen-bond donors (Lipinski definition) is 2. The highest BCUT2D eigenvalue weighted by atomic mass is 16.5. The first kappa shape index (κ1) is 14.2. The first-order chi connectivity index (χ1) is 9.47. The van der Waals surface area contributed by atoms with Crippen molar-refractivity contribution in [1.29, 1.82) is 0 Å². The van der Waals surface area contributed by atoms with E-state index in [0.29, 0.717) is 22.6 Å². The first-order valence-corrected chi connectivity index (χ1v) is 6.23. The maximum atomic E-state index is 10.8. The van der Waals surface area contributed by atoms with Crippen molar-refractivity contribution < 1.29 is 19.7 Å². The van der Waals surface area contributed by atoms with Crippen LogP contribution < -0.4 is 9.47 Å². The van der Waals surface area contributed by atoms with Crippen molar-refractivity contribution in [2.24, 2.45) is 0 Å². The van der Waals surface area contributed by atoms with Gasteiger partial charge in [-0.3, -0.25) is 0 Å². The molecule has 0 saturated carbocycles. The Hall–Kier alpha value is -2.20. The largest absolute Gasteiger partial charge is 0.508 e. The lowest BCUT2D eigenvalue weighted by atomic mass is 9.88. The summed E-state index contributed by atoms with van der Waals surface area (Å²) in [4.78, 5) is 0. The Morgan fingerprint density at radius 2 is 1.35 bits per heavy atom. The van der Waals surface area contributed by atoms with Crippen LogP contribution in [0.5, 0.6) is 17.2 Å². The minimum atomic E-state index is -1.21. The topological polar surface area (TPSA) is 58.9 Å². The van der Waals surface area contributed by atoms with E-state index in [-0.39, 0.29) is 5.75 Å². The SMILES string of the molecule is COc1cc(OC)cc(C(C)(O)c2ccc(O)cc2)c1. The molecule has 106 valence electrons. The van der Waals surface area contributed by atoms with Crippen molar-refractivity contribution in [2.45, 2.75) is 12.5 Å². The van der Waals surface area contributed by atoms with Gasteiger partial charge in [-0.1, -0.05) is 12.1 Å². The van der Waals surface area contributed by atoms with E-state index in [1.807, 2.05) is 0 Å². The van der Waals surface area contributed by atoms with Crippen LogP contribution in [0.4, 0.5) is 0 Å². The predicted molar refractivity (Wildman–Crippen MR) is 76.3 cm³/mol. The van der Waals surface area contributed by atoms with Gasteiger partial charge in [0.15, 0.2) is 0 Å². The highest BCUT2D eigenvalue weighted by Crippen LogP contribution is 2.34. The molecule has 2 N–H and O–H groups in total. The predicted octanol–water partition coefficient (Wildman–Crippen LogP) is 2.67. The van der Waals surface area contributed by atoms with Gasteiger partial charge >= 0.3 is 0 Å². The molecule has 0 aliphatic carbocycles. The molecule has 0 aliphatic rings. The fraction of sp³-hybridized carbons (Fsp3) is 0.250. The minimum Gasteiger partial charge on any atom is -0.508 e.